The Morgan fingerprint density at radius 3 is 2.50 bits per heavy atom. The van der Waals surface area contributed by atoms with Gasteiger partial charge in [0.05, 0.1) is 5.56 Å². The molecule has 6 heteroatoms. The Morgan fingerprint density at radius 2 is 1.95 bits per heavy atom. The Morgan fingerprint density at radius 1 is 1.32 bits per heavy atom. The van der Waals surface area contributed by atoms with E-state index in [2.05, 4.69) is 20.9 Å². The van der Waals surface area contributed by atoms with Crippen LogP contribution in [0.1, 0.15) is 44.0 Å². The number of likely N-dealkylation sites (tertiary alicyclic amines) is 1. The van der Waals surface area contributed by atoms with Gasteiger partial charge in [-0.25, -0.2) is 9.78 Å². The monoisotopic (exact) mass is 368 g/mol. The predicted octanol–water partition coefficient (Wildman–Crippen LogP) is 3.67. The van der Waals surface area contributed by atoms with Gasteiger partial charge in [0.2, 0.25) is 0 Å². The first kappa shape index (κ1) is 16.9. The van der Waals surface area contributed by atoms with E-state index < -0.39 is 5.60 Å². The molecule has 1 fully saturated rings. The lowest BCUT2D eigenvalue weighted by molar-refractivity contribution is 0.0182. The van der Waals surface area contributed by atoms with Gasteiger partial charge in [0.25, 0.3) is 0 Å². The van der Waals surface area contributed by atoms with Gasteiger partial charge < -0.3 is 9.64 Å². The molecule has 1 aromatic rings. The van der Waals surface area contributed by atoms with Gasteiger partial charge in [0, 0.05) is 25.2 Å². The smallest absolute Gasteiger partial charge is 0.410 e. The number of nitrogens with zero attached hydrogens (tertiary/aromatic N) is 2. The molecule has 1 aromatic heterocycles. The minimum absolute atomic E-state index is 0.0702. The molecule has 1 amide bonds. The van der Waals surface area contributed by atoms with Gasteiger partial charge in [-0.2, -0.15) is 0 Å². The number of ether oxygens (including phenoxy) is 1. The lowest BCUT2D eigenvalue weighted by Crippen LogP contribution is -2.43. The first-order valence-electron chi connectivity index (χ1n) is 7.40. The molecular weight excluding hydrogens is 348 g/mol. The maximum atomic E-state index is 12.5. The summed E-state index contributed by atoms with van der Waals surface area (Å²) in [6.07, 6.45) is 2.64. The van der Waals surface area contributed by atoms with Crippen LogP contribution in [0.25, 0.3) is 0 Å². The number of amides is 1. The number of carbonyl (C=O) groups excluding carboxylic acids is 2. The normalized spacial score (nSPS) is 16.5. The standard InChI is InChI=1S/C16H21BrN2O3/c1-16(2,3)22-15(21)19-9-6-11(7-10-19)13(20)12-5-4-8-18-14(12)17/h4-5,8,11H,6-7,9-10H2,1-3H3. The average Bonchev–Trinajstić information content (AvgIpc) is 2.45. The Hall–Kier alpha value is -1.43. The summed E-state index contributed by atoms with van der Waals surface area (Å²) < 4.78 is 5.94. The summed E-state index contributed by atoms with van der Waals surface area (Å²) in [6, 6.07) is 3.54. The summed E-state index contributed by atoms with van der Waals surface area (Å²) in [5, 5.41) is 0. The highest BCUT2D eigenvalue weighted by Crippen LogP contribution is 2.25. The fourth-order valence-corrected chi connectivity index (χ4v) is 2.89. The van der Waals surface area contributed by atoms with Crippen molar-refractivity contribution in [1.82, 2.24) is 9.88 Å². The van der Waals surface area contributed by atoms with Gasteiger partial charge in [-0.1, -0.05) is 0 Å². The molecule has 0 aliphatic carbocycles. The molecule has 1 saturated heterocycles. The highest BCUT2D eigenvalue weighted by Gasteiger charge is 2.30. The fourth-order valence-electron chi connectivity index (χ4n) is 2.44. The third kappa shape index (κ3) is 4.29. The van der Waals surface area contributed by atoms with E-state index in [9.17, 15) is 9.59 Å². The number of halogens is 1. The van der Waals surface area contributed by atoms with Crippen LogP contribution in [-0.2, 0) is 4.74 Å². The van der Waals surface area contributed by atoms with Crippen molar-refractivity contribution in [3.63, 3.8) is 0 Å². The van der Waals surface area contributed by atoms with Crippen molar-refractivity contribution in [2.24, 2.45) is 5.92 Å². The molecule has 0 radical (unpaired) electrons. The molecule has 1 aliphatic heterocycles. The predicted molar refractivity (Wildman–Crippen MR) is 86.8 cm³/mol. The molecule has 0 N–H and O–H groups in total. The zero-order valence-electron chi connectivity index (χ0n) is 13.1. The van der Waals surface area contributed by atoms with Crippen LogP contribution in [0.3, 0.4) is 0 Å². The number of aromatic nitrogens is 1. The number of hydrogen-bond donors (Lipinski definition) is 0. The van der Waals surface area contributed by atoms with Gasteiger partial charge in [-0.15, -0.1) is 0 Å². The minimum Gasteiger partial charge on any atom is -0.444 e. The van der Waals surface area contributed by atoms with Crippen LogP contribution in [-0.4, -0.2) is 40.5 Å². The molecule has 0 spiro atoms. The van der Waals surface area contributed by atoms with Gasteiger partial charge >= 0.3 is 6.09 Å². The highest BCUT2D eigenvalue weighted by molar-refractivity contribution is 9.10. The molecule has 5 nitrogen and oxygen atoms in total. The van der Waals surface area contributed by atoms with E-state index in [1.807, 2.05) is 20.8 Å². The lowest BCUT2D eigenvalue weighted by Gasteiger charge is -2.33. The molecule has 1 aliphatic rings. The summed E-state index contributed by atoms with van der Waals surface area (Å²) in [4.78, 5) is 30.3. The van der Waals surface area contributed by atoms with Crippen LogP contribution < -0.4 is 0 Å². The number of ketones is 1. The van der Waals surface area contributed by atoms with Crippen molar-refractivity contribution in [1.29, 1.82) is 0 Å². The zero-order chi connectivity index (χ0) is 16.3. The number of rotatable bonds is 2. The van der Waals surface area contributed by atoms with Crippen LogP contribution in [0.5, 0.6) is 0 Å². The van der Waals surface area contributed by atoms with E-state index in [0.717, 1.165) is 0 Å². The van der Waals surface area contributed by atoms with E-state index in [0.29, 0.717) is 36.1 Å². The Kier molecular flexibility index (Phi) is 5.21. The summed E-state index contributed by atoms with van der Waals surface area (Å²) in [7, 11) is 0. The molecule has 0 unspecified atom stereocenters. The first-order chi connectivity index (χ1) is 10.3. The molecule has 0 aromatic carbocycles. The maximum absolute atomic E-state index is 12.5. The van der Waals surface area contributed by atoms with Gasteiger partial charge in [0.1, 0.15) is 10.2 Å². The summed E-state index contributed by atoms with van der Waals surface area (Å²) in [6.45, 7) is 6.63. The van der Waals surface area contributed by atoms with Crippen LogP contribution >= 0.6 is 15.9 Å². The van der Waals surface area contributed by atoms with Crippen molar-refractivity contribution >= 4 is 27.8 Å². The second-order valence-corrected chi connectivity index (χ2v) is 7.20. The molecule has 2 rings (SSSR count). The Bertz CT molecular complexity index is 561. The van der Waals surface area contributed by atoms with Crippen molar-refractivity contribution in [3.8, 4) is 0 Å². The number of carbonyl (C=O) groups is 2. The molecular formula is C16H21BrN2O3. The summed E-state index contributed by atoms with van der Waals surface area (Å²) in [5.41, 5.74) is 0.114. The third-order valence-electron chi connectivity index (χ3n) is 3.54. The second-order valence-electron chi connectivity index (χ2n) is 6.45. The topological polar surface area (TPSA) is 59.5 Å². The Balaban J connectivity index is 1.94. The van der Waals surface area contributed by atoms with Gasteiger partial charge in [-0.3, -0.25) is 4.79 Å². The SMILES string of the molecule is CC(C)(C)OC(=O)N1CCC(C(=O)c2cccnc2Br)CC1. The largest absolute Gasteiger partial charge is 0.444 e. The Labute approximate surface area is 139 Å². The lowest BCUT2D eigenvalue weighted by atomic mass is 9.89. The van der Waals surface area contributed by atoms with Crippen LogP contribution in [0.2, 0.25) is 0 Å². The van der Waals surface area contributed by atoms with Crippen LogP contribution in [0, 0.1) is 5.92 Å². The van der Waals surface area contributed by atoms with E-state index in [1.54, 1.807) is 23.2 Å². The number of pyridine rings is 1. The van der Waals surface area contributed by atoms with E-state index in [1.165, 1.54) is 0 Å². The van der Waals surface area contributed by atoms with Crippen molar-refractivity contribution in [2.45, 2.75) is 39.2 Å². The van der Waals surface area contributed by atoms with Crippen molar-refractivity contribution in [3.05, 3.63) is 28.5 Å². The van der Waals surface area contributed by atoms with E-state index in [4.69, 9.17) is 4.74 Å². The van der Waals surface area contributed by atoms with Crippen LogP contribution in [0.15, 0.2) is 22.9 Å². The quantitative estimate of drug-likeness (QED) is 0.590. The second kappa shape index (κ2) is 6.77. The number of piperidine rings is 1. The number of hydrogen-bond acceptors (Lipinski definition) is 4. The molecule has 120 valence electrons. The third-order valence-corrected chi connectivity index (χ3v) is 4.17. The molecule has 0 atom stereocenters. The molecule has 2 heterocycles. The maximum Gasteiger partial charge on any atom is 0.410 e. The molecule has 0 bridgehead atoms. The molecule has 22 heavy (non-hydrogen) atoms. The van der Waals surface area contributed by atoms with Crippen molar-refractivity contribution < 1.29 is 14.3 Å². The van der Waals surface area contributed by atoms with E-state index in [-0.39, 0.29) is 17.8 Å². The average molecular weight is 369 g/mol. The van der Waals surface area contributed by atoms with E-state index >= 15 is 0 Å². The van der Waals surface area contributed by atoms with Crippen molar-refractivity contribution in [2.75, 3.05) is 13.1 Å². The highest BCUT2D eigenvalue weighted by atomic mass is 79.9. The minimum atomic E-state index is -0.496. The fraction of sp³-hybridized carbons (Fsp3) is 0.562. The summed E-state index contributed by atoms with van der Waals surface area (Å²) >= 11 is 3.32. The van der Waals surface area contributed by atoms with Crippen LogP contribution in [0.4, 0.5) is 4.79 Å². The summed E-state index contributed by atoms with van der Waals surface area (Å²) in [5.74, 6) is 0.0167. The zero-order valence-corrected chi connectivity index (χ0v) is 14.7. The van der Waals surface area contributed by atoms with Gasteiger partial charge in [0.15, 0.2) is 5.78 Å². The first-order valence-corrected chi connectivity index (χ1v) is 8.20. The molecule has 0 saturated carbocycles. The van der Waals surface area contributed by atoms with Gasteiger partial charge in [-0.05, 0) is 61.7 Å². The number of Topliss-reactive ketones (excluding diaryl/α,β-unsaturated/α-hetero) is 1.